The normalized spacial score (nSPS) is 12.4. The summed E-state index contributed by atoms with van der Waals surface area (Å²) in [6.45, 7) is 11.1. The van der Waals surface area contributed by atoms with Crippen molar-refractivity contribution in [3.63, 3.8) is 0 Å². The van der Waals surface area contributed by atoms with Gasteiger partial charge >= 0.3 is 12.1 Å². The van der Waals surface area contributed by atoms with Crippen LogP contribution in [0, 0.1) is 0 Å². The summed E-state index contributed by atoms with van der Waals surface area (Å²) in [4.78, 5) is 24.5. The average Bonchev–Trinajstić information content (AvgIpc) is 3.15. The molecule has 0 aliphatic carbocycles. The summed E-state index contributed by atoms with van der Waals surface area (Å²) in [5.41, 5.74) is 14.4. The third kappa shape index (κ3) is 6.24. The maximum atomic E-state index is 12.3. The molecule has 2 aromatic rings. The van der Waals surface area contributed by atoms with Gasteiger partial charge in [-0.25, -0.2) is 9.59 Å². The molecule has 1 heterocycles. The molecule has 9 heteroatoms. The molecule has 31 heavy (non-hydrogen) atoms. The van der Waals surface area contributed by atoms with Crippen molar-refractivity contribution in [2.24, 2.45) is 5.73 Å². The second kappa shape index (κ2) is 9.55. The van der Waals surface area contributed by atoms with Gasteiger partial charge in [-0.3, -0.25) is 0 Å². The molecule has 9 nitrogen and oxygen atoms in total. The van der Waals surface area contributed by atoms with Gasteiger partial charge in [0.05, 0.1) is 18.5 Å². The minimum Gasteiger partial charge on any atom is -0.461 e. The Morgan fingerprint density at radius 1 is 1.23 bits per heavy atom. The molecule has 0 spiro atoms. The lowest BCUT2D eigenvalue weighted by atomic mass is 10.0. The number of ether oxygens (including phenoxy) is 2. The number of carbonyl (C=O) groups excluding carboxylic acids is 2. The summed E-state index contributed by atoms with van der Waals surface area (Å²) < 4.78 is 11.5. The van der Waals surface area contributed by atoms with E-state index in [-0.39, 0.29) is 18.3 Å². The Kier molecular flexibility index (Phi) is 7.32. The summed E-state index contributed by atoms with van der Waals surface area (Å²) in [5.74, 6) is -0.631. The molecule has 0 aliphatic rings. The third-order valence-corrected chi connectivity index (χ3v) is 4.02. The number of nitrogens with zero attached hydrogens (tertiary/aromatic N) is 2. The third-order valence-electron chi connectivity index (χ3n) is 4.02. The van der Waals surface area contributed by atoms with E-state index in [9.17, 15) is 9.59 Å². The van der Waals surface area contributed by atoms with Gasteiger partial charge in [-0.05, 0) is 59.2 Å². The fourth-order valence-electron chi connectivity index (χ4n) is 2.73. The van der Waals surface area contributed by atoms with E-state index in [0.29, 0.717) is 22.5 Å². The standard InChI is InChI=1S/C22H31N5O4/c1-7-30-20(28)18(24)19(26-13(2)3)16-10-14(8-9-17(16)23)15-11-25-27(12-15)21(29)31-22(4,5)6/h8-13,26H,7,23-24H2,1-6H3/b19-18+. The Hall–Kier alpha value is -3.49. The number of nitrogen functional groups attached to an aromatic ring is 1. The van der Waals surface area contributed by atoms with Crippen molar-refractivity contribution in [2.45, 2.75) is 53.2 Å². The quantitative estimate of drug-likeness (QED) is 0.362. The van der Waals surface area contributed by atoms with Crippen LogP contribution in [0.4, 0.5) is 10.5 Å². The number of esters is 1. The molecule has 0 fully saturated rings. The summed E-state index contributed by atoms with van der Waals surface area (Å²) in [6, 6.07) is 5.27. The molecular formula is C22H31N5O4. The molecule has 0 atom stereocenters. The van der Waals surface area contributed by atoms with Gasteiger partial charge in [0, 0.05) is 29.1 Å². The largest absolute Gasteiger partial charge is 0.461 e. The van der Waals surface area contributed by atoms with E-state index in [1.54, 1.807) is 58.3 Å². The number of aromatic nitrogens is 2. The van der Waals surface area contributed by atoms with Gasteiger partial charge in [-0.1, -0.05) is 6.07 Å². The zero-order valence-corrected chi connectivity index (χ0v) is 18.9. The summed E-state index contributed by atoms with van der Waals surface area (Å²) in [5, 5.41) is 7.28. The molecule has 0 radical (unpaired) electrons. The van der Waals surface area contributed by atoms with Crippen LogP contribution in [-0.2, 0) is 14.3 Å². The molecular weight excluding hydrogens is 398 g/mol. The molecule has 0 saturated heterocycles. The van der Waals surface area contributed by atoms with Gasteiger partial charge < -0.3 is 26.3 Å². The number of hydrogen-bond donors (Lipinski definition) is 3. The number of hydrogen-bond acceptors (Lipinski definition) is 8. The van der Waals surface area contributed by atoms with Crippen molar-refractivity contribution in [3.05, 3.63) is 41.9 Å². The Labute approximate surface area is 182 Å². The first-order valence-electron chi connectivity index (χ1n) is 10.0. The average molecular weight is 430 g/mol. The predicted molar refractivity (Wildman–Crippen MR) is 120 cm³/mol. The molecule has 0 unspecified atom stereocenters. The van der Waals surface area contributed by atoms with Crippen molar-refractivity contribution in [1.82, 2.24) is 15.1 Å². The van der Waals surface area contributed by atoms with E-state index in [2.05, 4.69) is 10.4 Å². The summed E-state index contributed by atoms with van der Waals surface area (Å²) >= 11 is 0. The fraction of sp³-hybridized carbons (Fsp3) is 0.409. The molecule has 1 aromatic heterocycles. The fourth-order valence-corrected chi connectivity index (χ4v) is 2.73. The van der Waals surface area contributed by atoms with Crippen LogP contribution in [0.1, 0.15) is 47.1 Å². The topological polar surface area (TPSA) is 134 Å². The maximum absolute atomic E-state index is 12.3. The highest BCUT2D eigenvalue weighted by Gasteiger charge is 2.21. The maximum Gasteiger partial charge on any atom is 0.435 e. The molecule has 0 bridgehead atoms. The van der Waals surface area contributed by atoms with Crippen LogP contribution in [0.25, 0.3) is 16.8 Å². The van der Waals surface area contributed by atoms with E-state index < -0.39 is 17.7 Å². The number of anilines is 1. The Morgan fingerprint density at radius 2 is 1.90 bits per heavy atom. The van der Waals surface area contributed by atoms with Gasteiger partial charge in [0.25, 0.3) is 0 Å². The molecule has 168 valence electrons. The monoisotopic (exact) mass is 429 g/mol. The molecule has 0 aliphatic heterocycles. The minimum absolute atomic E-state index is 0.0130. The number of nitrogens with one attached hydrogen (secondary N) is 1. The molecule has 0 saturated carbocycles. The summed E-state index contributed by atoms with van der Waals surface area (Å²) in [7, 11) is 0. The molecule has 0 amide bonds. The zero-order chi connectivity index (χ0) is 23.3. The molecule has 5 N–H and O–H groups in total. The van der Waals surface area contributed by atoms with Crippen LogP contribution in [0.2, 0.25) is 0 Å². The van der Waals surface area contributed by atoms with Crippen molar-refractivity contribution < 1.29 is 19.1 Å². The van der Waals surface area contributed by atoms with Crippen molar-refractivity contribution in [1.29, 1.82) is 0 Å². The first-order chi connectivity index (χ1) is 14.4. The second-order valence-electron chi connectivity index (χ2n) is 8.26. The lowest BCUT2D eigenvalue weighted by molar-refractivity contribution is -0.138. The van der Waals surface area contributed by atoms with E-state index in [1.807, 2.05) is 13.8 Å². The molecule has 1 aromatic carbocycles. The number of carbonyl (C=O) groups is 2. The van der Waals surface area contributed by atoms with Crippen molar-refractivity contribution in [2.75, 3.05) is 12.3 Å². The van der Waals surface area contributed by atoms with E-state index in [1.165, 1.54) is 0 Å². The van der Waals surface area contributed by atoms with E-state index >= 15 is 0 Å². The van der Waals surface area contributed by atoms with Gasteiger partial charge in [0.1, 0.15) is 11.3 Å². The molecule has 2 rings (SSSR count). The van der Waals surface area contributed by atoms with Gasteiger partial charge in [-0.2, -0.15) is 9.78 Å². The van der Waals surface area contributed by atoms with Crippen LogP contribution in [0.15, 0.2) is 36.3 Å². The van der Waals surface area contributed by atoms with Crippen LogP contribution < -0.4 is 16.8 Å². The van der Waals surface area contributed by atoms with Gasteiger partial charge in [0.2, 0.25) is 0 Å². The lowest BCUT2D eigenvalue weighted by Gasteiger charge is -2.19. The van der Waals surface area contributed by atoms with E-state index in [4.69, 9.17) is 20.9 Å². The first-order valence-corrected chi connectivity index (χ1v) is 10.0. The predicted octanol–water partition coefficient (Wildman–Crippen LogP) is 3.10. The number of nitrogens with two attached hydrogens (primary N) is 2. The van der Waals surface area contributed by atoms with E-state index in [0.717, 1.165) is 10.2 Å². The Bertz CT molecular complexity index is 986. The minimum atomic E-state index is -0.635. The van der Waals surface area contributed by atoms with Crippen LogP contribution in [-0.4, -0.2) is 40.1 Å². The lowest BCUT2D eigenvalue weighted by Crippen LogP contribution is -2.28. The highest BCUT2D eigenvalue weighted by molar-refractivity contribution is 5.98. The van der Waals surface area contributed by atoms with Crippen LogP contribution in [0.5, 0.6) is 0 Å². The van der Waals surface area contributed by atoms with Gasteiger partial charge in [-0.15, -0.1) is 0 Å². The van der Waals surface area contributed by atoms with Crippen molar-refractivity contribution in [3.8, 4) is 11.1 Å². The number of rotatable bonds is 6. The van der Waals surface area contributed by atoms with Gasteiger partial charge in [0.15, 0.2) is 0 Å². The van der Waals surface area contributed by atoms with Crippen LogP contribution in [0.3, 0.4) is 0 Å². The Balaban J connectivity index is 2.48. The second-order valence-corrected chi connectivity index (χ2v) is 8.26. The first kappa shape index (κ1) is 23.8. The number of benzene rings is 1. The SMILES string of the molecule is CCOC(=O)/C(N)=C(\NC(C)C)c1cc(-c2cnn(C(=O)OC(C)(C)C)c2)ccc1N. The Morgan fingerprint density at radius 3 is 2.48 bits per heavy atom. The smallest absolute Gasteiger partial charge is 0.435 e. The zero-order valence-electron chi connectivity index (χ0n) is 18.9. The highest BCUT2D eigenvalue weighted by Crippen LogP contribution is 2.29. The summed E-state index contributed by atoms with van der Waals surface area (Å²) in [6.07, 6.45) is 2.54. The van der Waals surface area contributed by atoms with Crippen LogP contribution >= 0.6 is 0 Å². The van der Waals surface area contributed by atoms with Crippen molar-refractivity contribution >= 4 is 23.4 Å². The highest BCUT2D eigenvalue weighted by atomic mass is 16.6.